The Balaban J connectivity index is 1.58. The lowest BCUT2D eigenvalue weighted by atomic mass is 9.77. The minimum atomic E-state index is -1.28. The van der Waals surface area contributed by atoms with E-state index in [9.17, 15) is 19.5 Å². The largest absolute Gasteiger partial charge is 0.394 e. The Hall–Kier alpha value is -2.97. The molecule has 0 bridgehead atoms. The van der Waals surface area contributed by atoms with E-state index < -0.39 is 35.6 Å². The summed E-state index contributed by atoms with van der Waals surface area (Å²) in [6.07, 6.45) is 9.55. The number of benzene rings is 1. The van der Waals surface area contributed by atoms with Crippen molar-refractivity contribution in [2.24, 2.45) is 17.8 Å². The van der Waals surface area contributed by atoms with Crippen LogP contribution >= 0.6 is 0 Å². The lowest BCUT2D eigenvalue weighted by molar-refractivity contribution is -0.153. The predicted molar refractivity (Wildman–Crippen MR) is 152 cm³/mol. The molecule has 2 saturated heterocycles. The summed E-state index contributed by atoms with van der Waals surface area (Å²) in [6, 6.07) is 8.31. The summed E-state index contributed by atoms with van der Waals surface area (Å²) in [5.41, 5.74) is -0.267. The second-order valence-electron chi connectivity index (χ2n) is 11.9. The second-order valence-corrected chi connectivity index (χ2v) is 11.9. The van der Waals surface area contributed by atoms with E-state index in [1.165, 1.54) is 0 Å². The van der Waals surface area contributed by atoms with Crippen LogP contribution in [0.2, 0.25) is 0 Å². The highest BCUT2D eigenvalue weighted by Crippen LogP contribution is 2.54. The number of nitrogens with zero attached hydrogens (tertiary/aromatic N) is 3. The van der Waals surface area contributed by atoms with Crippen LogP contribution in [-0.4, -0.2) is 87.1 Å². The van der Waals surface area contributed by atoms with Crippen LogP contribution in [0.5, 0.6) is 0 Å². The summed E-state index contributed by atoms with van der Waals surface area (Å²) in [5, 5.41) is 10.5. The Morgan fingerprint density at radius 2 is 1.77 bits per heavy atom. The highest BCUT2D eigenvalue weighted by atomic mass is 16.5. The SMILES string of the molecule is CCCC(C)N1CC=C[C@]23O[C@@H]4C=CCN(Cc5ccccc5)C(=O)[C@@H]4[C@H]2C(=O)N([C@@H](CO)[C@@H](C)CC)C3C1=O. The molecule has 40 heavy (non-hydrogen) atoms. The van der Waals surface area contributed by atoms with Gasteiger partial charge in [0.25, 0.3) is 0 Å². The molecule has 1 spiro atoms. The van der Waals surface area contributed by atoms with Crippen LogP contribution in [0.3, 0.4) is 0 Å². The fourth-order valence-corrected chi connectivity index (χ4v) is 7.23. The van der Waals surface area contributed by atoms with Crippen LogP contribution < -0.4 is 0 Å². The quantitative estimate of drug-likeness (QED) is 0.478. The molecule has 4 aliphatic heterocycles. The van der Waals surface area contributed by atoms with Gasteiger partial charge in [-0.1, -0.05) is 88.2 Å². The summed E-state index contributed by atoms with van der Waals surface area (Å²) in [5.74, 6) is -2.23. The van der Waals surface area contributed by atoms with Gasteiger partial charge in [-0.15, -0.1) is 0 Å². The van der Waals surface area contributed by atoms with Crippen molar-refractivity contribution in [2.45, 2.75) is 83.3 Å². The molecule has 1 aromatic carbocycles. The van der Waals surface area contributed by atoms with E-state index >= 15 is 0 Å². The third-order valence-corrected chi connectivity index (χ3v) is 9.51. The zero-order valence-corrected chi connectivity index (χ0v) is 24.1. The fraction of sp³-hybridized carbons (Fsp3) is 0.594. The molecule has 4 aliphatic rings. The Bertz CT molecular complexity index is 1170. The van der Waals surface area contributed by atoms with Crippen LogP contribution in [0, 0.1) is 17.8 Å². The molecule has 4 heterocycles. The van der Waals surface area contributed by atoms with Crippen molar-refractivity contribution in [1.29, 1.82) is 0 Å². The maximum Gasteiger partial charge on any atom is 0.249 e. The number of likely N-dealkylation sites (tertiary alicyclic amines) is 1. The van der Waals surface area contributed by atoms with E-state index in [1.807, 2.05) is 80.3 Å². The number of amides is 3. The zero-order chi connectivity index (χ0) is 28.6. The Morgan fingerprint density at radius 3 is 2.45 bits per heavy atom. The third kappa shape index (κ3) is 4.59. The molecule has 0 aromatic heterocycles. The van der Waals surface area contributed by atoms with Gasteiger partial charge in [0.15, 0.2) is 0 Å². The molecule has 0 radical (unpaired) electrons. The van der Waals surface area contributed by atoms with Crippen molar-refractivity contribution in [3.05, 3.63) is 60.2 Å². The van der Waals surface area contributed by atoms with E-state index in [-0.39, 0.29) is 36.3 Å². The smallest absolute Gasteiger partial charge is 0.249 e. The van der Waals surface area contributed by atoms with Gasteiger partial charge in [0.1, 0.15) is 11.6 Å². The summed E-state index contributed by atoms with van der Waals surface area (Å²) in [6.45, 7) is 9.15. The molecule has 8 atom stereocenters. The molecule has 0 saturated carbocycles. The van der Waals surface area contributed by atoms with Crippen molar-refractivity contribution in [3.63, 3.8) is 0 Å². The van der Waals surface area contributed by atoms with Gasteiger partial charge >= 0.3 is 0 Å². The molecule has 3 amide bonds. The number of carbonyl (C=O) groups is 3. The summed E-state index contributed by atoms with van der Waals surface area (Å²) >= 11 is 0. The fourth-order valence-electron chi connectivity index (χ4n) is 7.23. The first kappa shape index (κ1) is 28.6. The maximum absolute atomic E-state index is 14.5. The maximum atomic E-state index is 14.5. The molecule has 1 aromatic rings. The molecular weight excluding hydrogens is 506 g/mol. The van der Waals surface area contributed by atoms with Gasteiger partial charge in [0, 0.05) is 25.7 Å². The van der Waals surface area contributed by atoms with Crippen LogP contribution in [0.4, 0.5) is 0 Å². The Labute approximate surface area is 237 Å². The molecule has 8 heteroatoms. The lowest BCUT2D eigenvalue weighted by Crippen LogP contribution is -2.60. The number of aliphatic hydroxyl groups is 1. The van der Waals surface area contributed by atoms with E-state index in [0.29, 0.717) is 19.6 Å². The molecule has 2 fully saturated rings. The average molecular weight is 550 g/mol. The molecule has 5 rings (SSSR count). The predicted octanol–water partition coefficient (Wildman–Crippen LogP) is 3.16. The number of hydrogen-bond donors (Lipinski definition) is 1. The lowest BCUT2D eigenvalue weighted by Gasteiger charge is -2.41. The molecule has 2 unspecified atom stereocenters. The number of aliphatic hydroxyl groups excluding tert-OH is 1. The molecule has 1 N–H and O–H groups in total. The minimum absolute atomic E-state index is 0.0146. The van der Waals surface area contributed by atoms with Gasteiger partial charge in [-0.25, -0.2) is 0 Å². The molecule has 8 nitrogen and oxygen atoms in total. The standard InChI is InChI=1S/C32H43N3O5/c1-5-12-22(4)34-18-11-16-32-27(30(38)35(28(32)31(34)39)24(20-36)21(3)6-2)26-25(40-32)15-10-17-33(29(26)37)19-23-13-8-7-9-14-23/h7-11,13-16,21-22,24-28,36H,5-6,12,17-20H2,1-4H3/t21-,22?,24-,25+,26-,27-,28?,32-/m0/s1. The number of hydrogen-bond acceptors (Lipinski definition) is 5. The molecule has 216 valence electrons. The summed E-state index contributed by atoms with van der Waals surface area (Å²) in [4.78, 5) is 48.4. The monoisotopic (exact) mass is 549 g/mol. The normalized spacial score (nSPS) is 31.9. The first-order valence-corrected chi connectivity index (χ1v) is 14.9. The van der Waals surface area contributed by atoms with Crippen molar-refractivity contribution in [2.75, 3.05) is 19.7 Å². The van der Waals surface area contributed by atoms with Gasteiger partial charge in [0.2, 0.25) is 17.7 Å². The van der Waals surface area contributed by atoms with E-state index in [0.717, 1.165) is 24.8 Å². The van der Waals surface area contributed by atoms with E-state index in [1.54, 1.807) is 9.80 Å². The molecule has 0 aliphatic carbocycles. The van der Waals surface area contributed by atoms with E-state index in [4.69, 9.17) is 4.74 Å². The first-order valence-electron chi connectivity index (χ1n) is 14.9. The van der Waals surface area contributed by atoms with Gasteiger partial charge < -0.3 is 24.5 Å². The second kappa shape index (κ2) is 11.5. The summed E-state index contributed by atoms with van der Waals surface area (Å²) in [7, 11) is 0. The van der Waals surface area contributed by atoms with Gasteiger partial charge in [-0.2, -0.15) is 0 Å². The van der Waals surface area contributed by atoms with E-state index in [2.05, 4.69) is 6.92 Å². The summed E-state index contributed by atoms with van der Waals surface area (Å²) < 4.78 is 6.76. The zero-order valence-electron chi connectivity index (χ0n) is 24.1. The van der Waals surface area contributed by atoms with Crippen LogP contribution in [0.25, 0.3) is 0 Å². The Kier molecular flexibility index (Phi) is 8.20. The molecular formula is C32H43N3O5. The Morgan fingerprint density at radius 1 is 1.02 bits per heavy atom. The first-order chi connectivity index (χ1) is 19.3. The topological polar surface area (TPSA) is 90.4 Å². The number of ether oxygens (including phenoxy) is 1. The highest BCUT2D eigenvalue weighted by Gasteiger charge is 2.72. The highest BCUT2D eigenvalue weighted by molar-refractivity contribution is 6.00. The van der Waals surface area contributed by atoms with Crippen LogP contribution in [-0.2, 0) is 25.7 Å². The van der Waals surface area contributed by atoms with Gasteiger partial charge in [-0.05, 0) is 24.8 Å². The number of rotatable bonds is 9. The van der Waals surface area contributed by atoms with Crippen LogP contribution in [0.15, 0.2) is 54.6 Å². The third-order valence-electron chi connectivity index (χ3n) is 9.51. The van der Waals surface area contributed by atoms with Crippen molar-refractivity contribution < 1.29 is 24.2 Å². The van der Waals surface area contributed by atoms with Gasteiger partial charge in [-0.3, -0.25) is 14.4 Å². The van der Waals surface area contributed by atoms with Crippen molar-refractivity contribution in [1.82, 2.24) is 14.7 Å². The number of carbonyl (C=O) groups excluding carboxylic acids is 3. The van der Waals surface area contributed by atoms with Crippen LogP contribution in [0.1, 0.15) is 52.5 Å². The van der Waals surface area contributed by atoms with Crippen molar-refractivity contribution >= 4 is 17.7 Å². The van der Waals surface area contributed by atoms with Crippen molar-refractivity contribution in [3.8, 4) is 0 Å². The minimum Gasteiger partial charge on any atom is -0.394 e. The average Bonchev–Trinajstić information content (AvgIpc) is 3.27. The van der Waals surface area contributed by atoms with Gasteiger partial charge in [0.05, 0.1) is 30.6 Å². The number of fused-ring (bicyclic) bond motifs is 2.